The number of benzene rings is 2. The lowest BCUT2D eigenvalue weighted by Crippen LogP contribution is -1.99. The maximum absolute atomic E-state index is 10.6. The second kappa shape index (κ2) is 6.48. The van der Waals surface area contributed by atoms with Gasteiger partial charge in [0.25, 0.3) is 0 Å². The molecule has 2 rings (SSSR count). The Morgan fingerprint density at radius 2 is 1.80 bits per heavy atom. The van der Waals surface area contributed by atoms with Crippen LogP contribution in [0.25, 0.3) is 0 Å². The summed E-state index contributed by atoms with van der Waals surface area (Å²) in [6, 6.07) is 13.6. The molecule has 104 valence electrons. The summed E-state index contributed by atoms with van der Waals surface area (Å²) in [7, 11) is 0. The molecule has 0 amide bonds. The van der Waals surface area contributed by atoms with Crippen molar-refractivity contribution in [1.82, 2.24) is 0 Å². The van der Waals surface area contributed by atoms with Crippen molar-refractivity contribution in [1.29, 1.82) is 0 Å². The molecule has 3 N–H and O–H groups in total. The van der Waals surface area contributed by atoms with Crippen LogP contribution in [0.5, 0.6) is 0 Å². The zero-order chi connectivity index (χ0) is 14.5. The average molecular weight is 287 g/mol. The van der Waals surface area contributed by atoms with Gasteiger partial charge in [-0.2, -0.15) is 0 Å². The van der Waals surface area contributed by atoms with Crippen LogP contribution in [-0.4, -0.2) is 11.1 Å². The first-order valence-electron chi connectivity index (χ1n) is 6.45. The van der Waals surface area contributed by atoms with E-state index in [2.05, 4.69) is 13.0 Å². The van der Waals surface area contributed by atoms with Crippen LogP contribution in [-0.2, 0) is 17.6 Å². The summed E-state index contributed by atoms with van der Waals surface area (Å²) in [6.45, 7) is 2.08. The van der Waals surface area contributed by atoms with Gasteiger partial charge in [0.05, 0.1) is 6.42 Å². The minimum Gasteiger partial charge on any atom is -0.481 e. The molecule has 0 atom stereocenters. The van der Waals surface area contributed by atoms with Crippen molar-refractivity contribution in [2.45, 2.75) is 29.6 Å². The summed E-state index contributed by atoms with van der Waals surface area (Å²) in [5, 5.41) is 8.74. The molecule has 2 aromatic rings. The highest BCUT2D eigenvalue weighted by Crippen LogP contribution is 2.30. The van der Waals surface area contributed by atoms with E-state index in [1.54, 1.807) is 11.8 Å². The van der Waals surface area contributed by atoms with Crippen molar-refractivity contribution >= 4 is 23.4 Å². The fourth-order valence-corrected chi connectivity index (χ4v) is 2.82. The highest BCUT2D eigenvalue weighted by molar-refractivity contribution is 7.99. The normalized spacial score (nSPS) is 10.4. The van der Waals surface area contributed by atoms with Crippen LogP contribution in [0.2, 0.25) is 0 Å². The molecular formula is C16H17NO2S. The fraction of sp³-hybridized carbons (Fsp3) is 0.188. The molecule has 0 spiro atoms. The Bertz CT molecular complexity index is 608. The lowest BCUT2D eigenvalue weighted by atomic mass is 10.1. The molecule has 0 aliphatic carbocycles. The Hall–Kier alpha value is -1.94. The number of carboxylic acids is 1. The van der Waals surface area contributed by atoms with Crippen LogP contribution in [0, 0.1) is 0 Å². The number of carboxylic acid groups (broad SMARTS) is 1. The minimum absolute atomic E-state index is 0.0623. The van der Waals surface area contributed by atoms with Crippen LogP contribution in [0.4, 0.5) is 5.69 Å². The van der Waals surface area contributed by atoms with Crippen molar-refractivity contribution in [2.75, 3.05) is 5.73 Å². The molecule has 0 radical (unpaired) electrons. The largest absolute Gasteiger partial charge is 0.481 e. The van der Waals surface area contributed by atoms with Gasteiger partial charge in [-0.3, -0.25) is 4.79 Å². The molecule has 20 heavy (non-hydrogen) atoms. The van der Waals surface area contributed by atoms with Crippen molar-refractivity contribution < 1.29 is 9.90 Å². The van der Waals surface area contributed by atoms with Gasteiger partial charge in [-0.1, -0.05) is 30.8 Å². The van der Waals surface area contributed by atoms with Crippen molar-refractivity contribution in [3.63, 3.8) is 0 Å². The van der Waals surface area contributed by atoms with Gasteiger partial charge in [-0.05, 0) is 47.9 Å². The highest BCUT2D eigenvalue weighted by Gasteiger charge is 2.03. The molecule has 0 heterocycles. The zero-order valence-corrected chi connectivity index (χ0v) is 12.1. The first-order chi connectivity index (χ1) is 9.58. The number of aryl methyl sites for hydroxylation is 1. The second-order valence-corrected chi connectivity index (χ2v) is 5.68. The Balaban J connectivity index is 2.11. The smallest absolute Gasteiger partial charge is 0.307 e. The molecule has 0 fully saturated rings. The van der Waals surface area contributed by atoms with Gasteiger partial charge in [-0.25, -0.2) is 0 Å². The quantitative estimate of drug-likeness (QED) is 0.825. The number of aliphatic carboxylic acids is 1. The summed E-state index contributed by atoms with van der Waals surface area (Å²) in [5.74, 6) is -0.809. The van der Waals surface area contributed by atoms with Crippen LogP contribution < -0.4 is 5.73 Å². The van der Waals surface area contributed by atoms with Gasteiger partial charge < -0.3 is 10.8 Å². The third kappa shape index (κ3) is 3.78. The summed E-state index contributed by atoms with van der Waals surface area (Å²) < 4.78 is 0. The predicted molar refractivity (Wildman–Crippen MR) is 82.1 cm³/mol. The van der Waals surface area contributed by atoms with Gasteiger partial charge in [0.2, 0.25) is 0 Å². The Labute approximate surface area is 122 Å². The fourth-order valence-electron chi connectivity index (χ4n) is 1.94. The number of hydrogen-bond acceptors (Lipinski definition) is 3. The van der Waals surface area contributed by atoms with Gasteiger partial charge in [0, 0.05) is 15.5 Å². The Kier molecular flexibility index (Phi) is 4.69. The number of anilines is 1. The van der Waals surface area contributed by atoms with E-state index < -0.39 is 5.97 Å². The molecule has 0 saturated carbocycles. The van der Waals surface area contributed by atoms with Crippen LogP contribution in [0.15, 0.2) is 52.3 Å². The standard InChI is InChI=1S/C16H17NO2S/c1-2-12-10-14(7-8-15(12)17)20-13-5-3-11(4-6-13)9-16(18)19/h3-8,10H,2,9,17H2,1H3,(H,18,19). The first kappa shape index (κ1) is 14.5. The molecule has 2 aromatic carbocycles. The third-order valence-corrected chi connectivity index (χ3v) is 4.01. The monoisotopic (exact) mass is 287 g/mol. The third-order valence-electron chi connectivity index (χ3n) is 3.01. The Morgan fingerprint density at radius 3 is 2.40 bits per heavy atom. The summed E-state index contributed by atoms with van der Waals surface area (Å²) in [5.41, 5.74) is 8.69. The lowest BCUT2D eigenvalue weighted by Gasteiger charge is -2.07. The maximum atomic E-state index is 10.6. The molecule has 0 bridgehead atoms. The molecule has 0 saturated heterocycles. The predicted octanol–water partition coefficient (Wildman–Crippen LogP) is 3.61. The van der Waals surface area contributed by atoms with E-state index in [1.165, 1.54) is 0 Å². The summed E-state index contributed by atoms with van der Waals surface area (Å²) in [6.07, 6.45) is 0.977. The first-order valence-corrected chi connectivity index (χ1v) is 7.27. The van der Waals surface area contributed by atoms with E-state index in [0.29, 0.717) is 0 Å². The minimum atomic E-state index is -0.809. The SMILES string of the molecule is CCc1cc(Sc2ccc(CC(=O)O)cc2)ccc1N. The number of nitrogen functional groups attached to an aromatic ring is 1. The van der Waals surface area contributed by atoms with Gasteiger partial charge in [0.15, 0.2) is 0 Å². The average Bonchev–Trinajstić information content (AvgIpc) is 2.42. The maximum Gasteiger partial charge on any atom is 0.307 e. The molecule has 0 unspecified atom stereocenters. The number of hydrogen-bond donors (Lipinski definition) is 2. The summed E-state index contributed by atoms with van der Waals surface area (Å²) in [4.78, 5) is 12.9. The van der Waals surface area contributed by atoms with Crippen molar-refractivity contribution in [2.24, 2.45) is 0 Å². The zero-order valence-electron chi connectivity index (χ0n) is 11.3. The van der Waals surface area contributed by atoms with Gasteiger partial charge in [0.1, 0.15) is 0 Å². The summed E-state index contributed by atoms with van der Waals surface area (Å²) >= 11 is 1.65. The second-order valence-electron chi connectivity index (χ2n) is 4.53. The van der Waals surface area contributed by atoms with E-state index in [1.807, 2.05) is 36.4 Å². The van der Waals surface area contributed by atoms with E-state index in [-0.39, 0.29) is 6.42 Å². The van der Waals surface area contributed by atoms with Gasteiger partial charge in [-0.15, -0.1) is 0 Å². The molecule has 0 aliphatic heterocycles. The lowest BCUT2D eigenvalue weighted by molar-refractivity contribution is -0.136. The van der Waals surface area contributed by atoms with Crippen LogP contribution in [0.1, 0.15) is 18.1 Å². The van der Waals surface area contributed by atoms with Crippen molar-refractivity contribution in [3.8, 4) is 0 Å². The molecular weight excluding hydrogens is 270 g/mol. The highest BCUT2D eigenvalue weighted by atomic mass is 32.2. The van der Waals surface area contributed by atoms with Crippen LogP contribution in [0.3, 0.4) is 0 Å². The van der Waals surface area contributed by atoms with E-state index >= 15 is 0 Å². The van der Waals surface area contributed by atoms with Crippen LogP contribution >= 0.6 is 11.8 Å². The van der Waals surface area contributed by atoms with E-state index in [4.69, 9.17) is 10.8 Å². The number of nitrogens with two attached hydrogens (primary N) is 1. The molecule has 0 aromatic heterocycles. The molecule has 0 aliphatic rings. The Morgan fingerprint density at radius 1 is 1.15 bits per heavy atom. The topological polar surface area (TPSA) is 63.3 Å². The number of rotatable bonds is 5. The van der Waals surface area contributed by atoms with Gasteiger partial charge >= 0.3 is 5.97 Å². The molecule has 3 nitrogen and oxygen atoms in total. The van der Waals surface area contributed by atoms with E-state index in [9.17, 15) is 4.79 Å². The molecule has 4 heteroatoms. The van der Waals surface area contributed by atoms with E-state index in [0.717, 1.165) is 33.0 Å². The van der Waals surface area contributed by atoms with Crippen molar-refractivity contribution in [3.05, 3.63) is 53.6 Å². The number of carbonyl (C=O) groups is 1.